The molecular weight excluding hydrogens is 324 g/mol. The summed E-state index contributed by atoms with van der Waals surface area (Å²) >= 11 is 0. The summed E-state index contributed by atoms with van der Waals surface area (Å²) in [5, 5.41) is 6.30. The number of carbonyl (C=O) groups is 1. The number of hydrogen-bond donors (Lipinski definition) is 1. The van der Waals surface area contributed by atoms with Crippen molar-refractivity contribution in [2.24, 2.45) is 5.16 Å². The molecule has 0 spiro atoms. The lowest BCUT2D eigenvalue weighted by Crippen LogP contribution is -2.28. The van der Waals surface area contributed by atoms with Crippen LogP contribution in [-0.4, -0.2) is 41.8 Å². The minimum Gasteiger partial charge on any atom is -0.475 e. The van der Waals surface area contributed by atoms with Crippen molar-refractivity contribution in [1.82, 2.24) is 15.3 Å². The number of aromatic nitrogens is 2. The van der Waals surface area contributed by atoms with Crippen LogP contribution < -0.4 is 14.8 Å². The van der Waals surface area contributed by atoms with Crippen LogP contribution >= 0.6 is 0 Å². The van der Waals surface area contributed by atoms with E-state index >= 15 is 0 Å². The van der Waals surface area contributed by atoms with E-state index in [2.05, 4.69) is 20.4 Å². The van der Waals surface area contributed by atoms with E-state index in [0.717, 1.165) is 0 Å². The normalized spacial score (nSPS) is 11.2. The van der Waals surface area contributed by atoms with Gasteiger partial charge in [0.25, 0.3) is 5.91 Å². The van der Waals surface area contributed by atoms with Crippen molar-refractivity contribution < 1.29 is 19.1 Å². The molecule has 1 amide bonds. The SMILES string of the molecule is CNC(=O)C(=NOC)c1ccccc1Oc1nccc(OC(C)C)n1. The molecule has 8 heteroatoms. The summed E-state index contributed by atoms with van der Waals surface area (Å²) in [5.74, 6) is 0.355. The van der Waals surface area contributed by atoms with Crippen molar-refractivity contribution in [2.45, 2.75) is 20.0 Å². The summed E-state index contributed by atoms with van der Waals surface area (Å²) in [7, 11) is 2.87. The summed E-state index contributed by atoms with van der Waals surface area (Å²) in [5.41, 5.74) is 0.526. The first-order chi connectivity index (χ1) is 12.0. The average molecular weight is 344 g/mol. The highest BCUT2D eigenvalue weighted by Gasteiger charge is 2.19. The molecule has 25 heavy (non-hydrogen) atoms. The fourth-order valence-electron chi connectivity index (χ4n) is 1.95. The summed E-state index contributed by atoms with van der Waals surface area (Å²) < 4.78 is 11.3. The van der Waals surface area contributed by atoms with Crippen LogP contribution in [0, 0.1) is 0 Å². The lowest BCUT2D eigenvalue weighted by Gasteiger charge is -2.12. The maximum atomic E-state index is 12.1. The number of oxime groups is 1. The average Bonchev–Trinajstić information content (AvgIpc) is 2.59. The van der Waals surface area contributed by atoms with Gasteiger partial charge in [-0.05, 0) is 26.0 Å². The number of nitrogens with one attached hydrogen (secondary N) is 1. The maximum Gasteiger partial charge on any atom is 0.325 e. The van der Waals surface area contributed by atoms with Crippen molar-refractivity contribution in [1.29, 1.82) is 0 Å². The smallest absolute Gasteiger partial charge is 0.325 e. The zero-order chi connectivity index (χ0) is 18.2. The molecule has 1 aromatic heterocycles. The van der Waals surface area contributed by atoms with Crippen LogP contribution in [0.2, 0.25) is 0 Å². The Bertz CT molecular complexity index is 762. The van der Waals surface area contributed by atoms with Gasteiger partial charge in [0.05, 0.1) is 11.7 Å². The molecule has 0 aliphatic carbocycles. The van der Waals surface area contributed by atoms with Gasteiger partial charge in [-0.1, -0.05) is 17.3 Å². The van der Waals surface area contributed by atoms with Crippen LogP contribution in [0.3, 0.4) is 0 Å². The third-order valence-corrected chi connectivity index (χ3v) is 2.93. The Morgan fingerprint density at radius 2 is 2.00 bits per heavy atom. The molecule has 0 atom stereocenters. The van der Waals surface area contributed by atoms with Gasteiger partial charge < -0.3 is 19.6 Å². The van der Waals surface area contributed by atoms with Crippen LogP contribution in [-0.2, 0) is 9.63 Å². The molecule has 1 aromatic carbocycles. The van der Waals surface area contributed by atoms with Gasteiger partial charge in [0.1, 0.15) is 12.9 Å². The van der Waals surface area contributed by atoms with Crippen LogP contribution in [0.1, 0.15) is 19.4 Å². The Morgan fingerprint density at radius 1 is 1.24 bits per heavy atom. The van der Waals surface area contributed by atoms with Crippen molar-refractivity contribution in [3.63, 3.8) is 0 Å². The first-order valence-corrected chi connectivity index (χ1v) is 7.65. The molecular formula is C17H20N4O4. The van der Waals surface area contributed by atoms with Crippen molar-refractivity contribution in [2.75, 3.05) is 14.2 Å². The molecule has 0 saturated heterocycles. The zero-order valence-electron chi connectivity index (χ0n) is 14.5. The summed E-state index contributed by atoms with van der Waals surface area (Å²) in [6.45, 7) is 3.80. The zero-order valence-corrected chi connectivity index (χ0v) is 14.5. The van der Waals surface area contributed by atoms with Crippen LogP contribution in [0.25, 0.3) is 0 Å². The second-order valence-corrected chi connectivity index (χ2v) is 5.14. The second-order valence-electron chi connectivity index (χ2n) is 5.14. The molecule has 0 aliphatic rings. The molecule has 0 aliphatic heterocycles. The molecule has 0 fully saturated rings. The molecule has 0 saturated carbocycles. The van der Waals surface area contributed by atoms with Crippen molar-refractivity contribution >= 4 is 11.6 Å². The number of carbonyl (C=O) groups excluding carboxylic acids is 1. The third-order valence-electron chi connectivity index (χ3n) is 2.93. The largest absolute Gasteiger partial charge is 0.475 e. The number of para-hydroxylation sites is 1. The number of hydrogen-bond acceptors (Lipinski definition) is 7. The Morgan fingerprint density at radius 3 is 2.68 bits per heavy atom. The fourth-order valence-corrected chi connectivity index (χ4v) is 1.95. The summed E-state index contributed by atoms with van der Waals surface area (Å²) in [6, 6.07) is 8.64. The lowest BCUT2D eigenvalue weighted by atomic mass is 10.1. The Hall–Kier alpha value is -3.16. The van der Waals surface area contributed by atoms with Gasteiger partial charge in [-0.3, -0.25) is 4.79 Å². The van der Waals surface area contributed by atoms with E-state index < -0.39 is 5.91 Å². The number of amides is 1. The number of nitrogens with zero attached hydrogens (tertiary/aromatic N) is 3. The molecule has 1 heterocycles. The summed E-state index contributed by atoms with van der Waals surface area (Å²) in [6.07, 6.45) is 1.51. The van der Waals surface area contributed by atoms with Gasteiger partial charge in [0, 0.05) is 19.3 Å². The van der Waals surface area contributed by atoms with Gasteiger partial charge in [-0.25, -0.2) is 4.98 Å². The molecule has 2 rings (SSSR count). The molecule has 0 radical (unpaired) electrons. The van der Waals surface area contributed by atoms with Gasteiger partial charge in [-0.2, -0.15) is 4.98 Å². The van der Waals surface area contributed by atoms with Gasteiger partial charge in [0.2, 0.25) is 5.88 Å². The topological polar surface area (TPSA) is 94.9 Å². The van der Waals surface area contributed by atoms with E-state index in [-0.39, 0.29) is 17.8 Å². The van der Waals surface area contributed by atoms with E-state index in [0.29, 0.717) is 17.2 Å². The van der Waals surface area contributed by atoms with Gasteiger partial charge in [0.15, 0.2) is 5.71 Å². The number of benzene rings is 1. The molecule has 0 unspecified atom stereocenters. The first kappa shape index (κ1) is 18.2. The van der Waals surface area contributed by atoms with Crippen molar-refractivity contribution in [3.8, 4) is 17.6 Å². The maximum absolute atomic E-state index is 12.1. The minimum atomic E-state index is -0.407. The standard InChI is InChI=1S/C17H20N4O4/c1-11(2)24-14-9-10-19-17(20-14)25-13-8-6-5-7-12(13)15(21-23-4)16(22)18-3/h5-11H,1-4H3,(H,18,22). The van der Waals surface area contributed by atoms with Crippen molar-refractivity contribution in [3.05, 3.63) is 42.1 Å². The molecule has 0 bridgehead atoms. The second kappa shape index (κ2) is 8.62. The lowest BCUT2D eigenvalue weighted by molar-refractivity contribution is -0.114. The highest BCUT2D eigenvalue weighted by Crippen LogP contribution is 2.25. The van der Waals surface area contributed by atoms with Gasteiger partial charge >= 0.3 is 6.01 Å². The van der Waals surface area contributed by atoms with E-state index in [1.54, 1.807) is 30.3 Å². The Balaban J connectivity index is 2.35. The molecule has 1 N–H and O–H groups in total. The van der Waals surface area contributed by atoms with Crippen LogP contribution in [0.4, 0.5) is 0 Å². The number of likely N-dealkylation sites (N-methyl/N-ethyl adjacent to an activating group) is 1. The van der Waals surface area contributed by atoms with Crippen LogP contribution in [0.15, 0.2) is 41.7 Å². The number of rotatable bonds is 7. The highest BCUT2D eigenvalue weighted by molar-refractivity contribution is 6.45. The third kappa shape index (κ3) is 4.90. The van der Waals surface area contributed by atoms with E-state index in [9.17, 15) is 4.79 Å². The predicted octanol–water partition coefficient (Wildman–Crippen LogP) is 2.15. The quantitative estimate of drug-likeness (QED) is 0.611. The molecule has 132 valence electrons. The minimum absolute atomic E-state index is 0.0243. The Kier molecular flexibility index (Phi) is 6.27. The monoisotopic (exact) mass is 344 g/mol. The first-order valence-electron chi connectivity index (χ1n) is 7.65. The van der Waals surface area contributed by atoms with E-state index in [1.165, 1.54) is 20.4 Å². The van der Waals surface area contributed by atoms with E-state index in [4.69, 9.17) is 14.3 Å². The number of ether oxygens (including phenoxy) is 2. The highest BCUT2D eigenvalue weighted by atomic mass is 16.6. The summed E-state index contributed by atoms with van der Waals surface area (Å²) in [4.78, 5) is 25.1. The fraction of sp³-hybridized carbons (Fsp3) is 0.294. The molecule has 2 aromatic rings. The Labute approximate surface area is 145 Å². The van der Waals surface area contributed by atoms with E-state index in [1.807, 2.05) is 13.8 Å². The molecule has 8 nitrogen and oxygen atoms in total. The van der Waals surface area contributed by atoms with Gasteiger partial charge in [-0.15, -0.1) is 0 Å². The predicted molar refractivity (Wildman–Crippen MR) is 91.9 cm³/mol. The van der Waals surface area contributed by atoms with Crippen LogP contribution in [0.5, 0.6) is 17.6 Å².